The van der Waals surface area contributed by atoms with E-state index in [-0.39, 0.29) is 47.0 Å². The molecular weight excluding hydrogens is 568 g/mol. The van der Waals surface area contributed by atoms with E-state index < -0.39 is 36.6 Å². The van der Waals surface area contributed by atoms with Gasteiger partial charge in [0.2, 0.25) is 5.82 Å². The van der Waals surface area contributed by atoms with E-state index in [2.05, 4.69) is 38.0 Å². The van der Waals surface area contributed by atoms with Crippen molar-refractivity contribution in [1.29, 1.82) is 0 Å². The second-order valence-corrected chi connectivity index (χ2v) is 10.1. The number of aromatic nitrogens is 6. The molecule has 9 nitrogen and oxygen atoms in total. The molecule has 0 spiro atoms. The van der Waals surface area contributed by atoms with Gasteiger partial charge in [0, 0.05) is 25.6 Å². The maximum absolute atomic E-state index is 14.9. The first-order valence-electron chi connectivity index (χ1n) is 13.6. The number of nitrogens with zero attached hydrogens (tertiary/aromatic N) is 5. The Balaban J connectivity index is 1.59. The van der Waals surface area contributed by atoms with Gasteiger partial charge >= 0.3 is 12.4 Å². The number of benzene rings is 1. The number of halogens is 6. The summed E-state index contributed by atoms with van der Waals surface area (Å²) in [6, 6.07) is 6.67. The fourth-order valence-electron chi connectivity index (χ4n) is 4.82. The lowest BCUT2D eigenvalue weighted by Gasteiger charge is -2.40. The molecule has 2 N–H and O–H groups in total. The molecule has 3 heterocycles. The van der Waals surface area contributed by atoms with Gasteiger partial charge in [-0.3, -0.25) is 9.48 Å². The minimum Gasteiger partial charge on any atom is -0.494 e. The Morgan fingerprint density at radius 2 is 1.76 bits per heavy atom. The topological polar surface area (TPSA) is 111 Å². The molecule has 42 heavy (non-hydrogen) atoms. The Kier molecular flexibility index (Phi) is 9.57. The summed E-state index contributed by atoms with van der Waals surface area (Å²) in [5.41, 5.74) is -2.97. The number of hydrogen-bond donors (Lipinski definition) is 2. The molecule has 0 unspecified atom stereocenters. The number of unbranched alkanes of at least 4 members (excludes halogenated alkanes) is 4. The molecule has 1 aliphatic rings. The molecule has 0 saturated heterocycles. The van der Waals surface area contributed by atoms with E-state index >= 15 is 0 Å². The average Bonchev–Trinajstić information content (AvgIpc) is 3.62. The average molecular weight is 600 g/mol. The molecule has 4 rings (SSSR count). The van der Waals surface area contributed by atoms with Crippen molar-refractivity contribution in [3.05, 3.63) is 53.6 Å². The number of rotatable bonds is 13. The van der Waals surface area contributed by atoms with Gasteiger partial charge in [-0.1, -0.05) is 31.9 Å². The predicted molar refractivity (Wildman–Crippen MR) is 140 cm³/mol. The molecule has 1 amide bonds. The van der Waals surface area contributed by atoms with Gasteiger partial charge in [0.15, 0.2) is 5.54 Å². The molecule has 1 atom stereocenters. The second kappa shape index (κ2) is 12.9. The zero-order valence-electron chi connectivity index (χ0n) is 22.9. The highest BCUT2D eigenvalue weighted by Gasteiger charge is 2.60. The Morgan fingerprint density at radius 3 is 2.40 bits per heavy atom. The quantitative estimate of drug-likeness (QED) is 0.185. The predicted octanol–water partition coefficient (Wildman–Crippen LogP) is 5.98. The lowest BCUT2D eigenvalue weighted by atomic mass is 9.77. The Hall–Kier alpha value is -3.91. The van der Waals surface area contributed by atoms with Crippen molar-refractivity contribution in [1.82, 2.24) is 35.7 Å². The Labute approximate surface area is 237 Å². The summed E-state index contributed by atoms with van der Waals surface area (Å²) in [5.74, 6) is -0.935. The lowest BCUT2D eigenvalue weighted by Crippen LogP contribution is -2.58. The summed E-state index contributed by atoms with van der Waals surface area (Å²) in [6.07, 6.45) is -5.62. The van der Waals surface area contributed by atoms with Crippen molar-refractivity contribution < 1.29 is 35.9 Å². The number of carbonyl (C=O) groups is 1. The van der Waals surface area contributed by atoms with Crippen LogP contribution in [0.4, 0.5) is 26.3 Å². The Morgan fingerprint density at radius 1 is 1.00 bits per heavy atom. The number of aromatic amines is 1. The first-order valence-corrected chi connectivity index (χ1v) is 13.6. The van der Waals surface area contributed by atoms with Gasteiger partial charge in [-0.25, -0.2) is 0 Å². The molecule has 0 aliphatic carbocycles. The van der Waals surface area contributed by atoms with Crippen LogP contribution in [0, 0.1) is 0 Å². The molecule has 0 saturated carbocycles. The number of tetrazole rings is 1. The highest BCUT2D eigenvalue weighted by Crippen LogP contribution is 2.49. The number of aryl methyl sites for hydroxylation is 1. The van der Waals surface area contributed by atoms with E-state index in [0.29, 0.717) is 19.4 Å². The third-order valence-corrected chi connectivity index (χ3v) is 7.01. The van der Waals surface area contributed by atoms with Crippen LogP contribution in [0.1, 0.15) is 75.4 Å². The first-order chi connectivity index (χ1) is 19.9. The van der Waals surface area contributed by atoms with Crippen LogP contribution in [-0.4, -0.2) is 55.3 Å². The maximum Gasteiger partial charge on any atom is 0.416 e. The van der Waals surface area contributed by atoms with Gasteiger partial charge in [0.05, 0.1) is 17.9 Å². The fraction of sp³-hybridized carbons (Fsp3) is 0.519. The normalized spacial score (nSPS) is 17.9. The van der Waals surface area contributed by atoms with Crippen LogP contribution >= 0.6 is 0 Å². The zero-order chi connectivity index (χ0) is 30.4. The van der Waals surface area contributed by atoms with Crippen LogP contribution < -0.4 is 10.1 Å². The molecule has 0 fully saturated rings. The molecule has 228 valence electrons. The SMILES string of the molecule is CCCCCn1ccc(C2=C(c3nn[nH]n3)C(=O)N[C@@](c3ccc(OCCCCCC(F)(F)F)cc3)(C(F)(F)F)C2)n1. The third kappa shape index (κ3) is 7.29. The number of carbonyl (C=O) groups excluding carboxylic acids is 1. The minimum atomic E-state index is -4.92. The van der Waals surface area contributed by atoms with Crippen molar-refractivity contribution in [2.45, 2.75) is 82.7 Å². The largest absolute Gasteiger partial charge is 0.494 e. The van der Waals surface area contributed by atoms with E-state index in [1.807, 2.05) is 0 Å². The van der Waals surface area contributed by atoms with Gasteiger partial charge in [0.1, 0.15) is 5.75 Å². The second-order valence-electron chi connectivity index (χ2n) is 10.1. The van der Waals surface area contributed by atoms with Crippen molar-refractivity contribution in [2.75, 3.05) is 6.61 Å². The smallest absolute Gasteiger partial charge is 0.416 e. The molecule has 3 aromatic rings. The van der Waals surface area contributed by atoms with Gasteiger partial charge in [-0.05, 0) is 60.2 Å². The molecule has 15 heteroatoms. The summed E-state index contributed by atoms with van der Waals surface area (Å²) < 4.78 is 88.7. The highest BCUT2D eigenvalue weighted by atomic mass is 19.4. The molecular formula is C27H31F6N7O2. The van der Waals surface area contributed by atoms with Crippen LogP contribution in [0.5, 0.6) is 5.75 Å². The van der Waals surface area contributed by atoms with Gasteiger partial charge < -0.3 is 10.1 Å². The van der Waals surface area contributed by atoms with E-state index in [9.17, 15) is 31.1 Å². The first kappa shape index (κ1) is 31.0. The monoisotopic (exact) mass is 599 g/mol. The van der Waals surface area contributed by atoms with E-state index in [1.54, 1.807) is 16.9 Å². The number of amides is 1. The summed E-state index contributed by atoms with van der Waals surface area (Å²) in [4.78, 5) is 13.4. The standard InChI is InChI=1S/C27H31F6N7O2/c1-2-3-6-14-40-15-12-21(37-40)20-17-25(27(31,32)33,34-24(41)22(20)23-35-38-39-36-23)18-8-10-19(11-9-18)42-16-7-4-5-13-26(28,29)30/h8-12,15H,2-7,13-14,16-17H2,1H3,(H,34,41)(H,35,36,38,39)/t25-/m0/s1. The Bertz CT molecular complexity index is 1350. The lowest BCUT2D eigenvalue weighted by molar-refractivity contribution is -0.201. The van der Waals surface area contributed by atoms with E-state index in [0.717, 1.165) is 19.3 Å². The number of alkyl halides is 6. The highest BCUT2D eigenvalue weighted by molar-refractivity contribution is 6.27. The molecule has 0 radical (unpaired) electrons. The summed E-state index contributed by atoms with van der Waals surface area (Å²) >= 11 is 0. The molecule has 0 bridgehead atoms. The van der Waals surface area contributed by atoms with Crippen LogP contribution in [0.25, 0.3) is 11.1 Å². The molecule has 1 aliphatic heterocycles. The van der Waals surface area contributed by atoms with Crippen LogP contribution in [0.3, 0.4) is 0 Å². The number of ether oxygens (including phenoxy) is 1. The van der Waals surface area contributed by atoms with Crippen LogP contribution in [0.15, 0.2) is 36.5 Å². The van der Waals surface area contributed by atoms with Crippen molar-refractivity contribution in [2.24, 2.45) is 0 Å². The maximum atomic E-state index is 14.9. The summed E-state index contributed by atoms with van der Waals surface area (Å²) in [5, 5.41) is 20.0. The molecule has 2 aromatic heterocycles. The van der Waals surface area contributed by atoms with Gasteiger partial charge in [-0.2, -0.15) is 36.7 Å². The van der Waals surface area contributed by atoms with Gasteiger partial charge in [0.25, 0.3) is 5.91 Å². The summed E-state index contributed by atoms with van der Waals surface area (Å²) in [7, 11) is 0. The summed E-state index contributed by atoms with van der Waals surface area (Å²) in [6.45, 7) is 2.73. The van der Waals surface area contributed by atoms with Crippen LogP contribution in [-0.2, 0) is 16.9 Å². The molecule has 1 aromatic carbocycles. The van der Waals surface area contributed by atoms with E-state index in [1.165, 1.54) is 24.3 Å². The van der Waals surface area contributed by atoms with Gasteiger partial charge in [-0.15, -0.1) is 10.2 Å². The number of hydrogen-bond acceptors (Lipinski definition) is 6. The van der Waals surface area contributed by atoms with Crippen molar-refractivity contribution >= 4 is 17.1 Å². The number of H-pyrrole nitrogens is 1. The number of nitrogens with one attached hydrogen (secondary N) is 2. The van der Waals surface area contributed by atoms with E-state index in [4.69, 9.17) is 4.74 Å². The van der Waals surface area contributed by atoms with Crippen molar-refractivity contribution in [3.8, 4) is 5.75 Å². The van der Waals surface area contributed by atoms with Crippen LogP contribution in [0.2, 0.25) is 0 Å². The van der Waals surface area contributed by atoms with Crippen molar-refractivity contribution in [3.63, 3.8) is 0 Å². The minimum absolute atomic E-state index is 0.0194. The third-order valence-electron chi connectivity index (χ3n) is 7.01. The fourth-order valence-corrected chi connectivity index (χ4v) is 4.82. The zero-order valence-corrected chi connectivity index (χ0v) is 22.9.